The minimum atomic E-state index is -1.08. The lowest BCUT2D eigenvalue weighted by molar-refractivity contribution is -0.141. The van der Waals surface area contributed by atoms with Crippen LogP contribution in [0.3, 0.4) is 0 Å². The molecule has 0 unspecified atom stereocenters. The van der Waals surface area contributed by atoms with Gasteiger partial charge in [-0.2, -0.15) is 0 Å². The Kier molecular flexibility index (Phi) is 8.99. The van der Waals surface area contributed by atoms with Crippen LogP contribution in [0.5, 0.6) is 0 Å². The number of rotatable bonds is 11. The van der Waals surface area contributed by atoms with Crippen LogP contribution in [-0.4, -0.2) is 34.7 Å². The summed E-state index contributed by atoms with van der Waals surface area (Å²) in [5, 5.41) is 5.13. The van der Waals surface area contributed by atoms with Gasteiger partial charge in [0.25, 0.3) is 5.91 Å². The first-order chi connectivity index (χ1) is 16.4. The maximum absolute atomic E-state index is 13.0. The molecule has 0 radical (unpaired) electrons. The van der Waals surface area contributed by atoms with Crippen molar-refractivity contribution in [2.75, 3.05) is 0 Å². The SMILES string of the molecule is C[C@@H](OCc1ccccc1)C(=O)N[C@H](Cc1ccccc1)C(=O)C(=O)NCc1ccc(F)cn1. The molecule has 2 aromatic carbocycles. The molecule has 2 atom stereocenters. The average molecular weight is 464 g/mol. The van der Waals surface area contributed by atoms with E-state index in [9.17, 15) is 18.8 Å². The van der Waals surface area contributed by atoms with Crippen LogP contribution in [0.25, 0.3) is 0 Å². The maximum atomic E-state index is 13.0. The van der Waals surface area contributed by atoms with Crippen LogP contribution < -0.4 is 10.6 Å². The van der Waals surface area contributed by atoms with Crippen molar-refractivity contribution < 1.29 is 23.5 Å². The summed E-state index contributed by atoms with van der Waals surface area (Å²) in [6, 6.07) is 20.0. The molecule has 0 saturated carbocycles. The second kappa shape index (κ2) is 12.4. The van der Waals surface area contributed by atoms with Gasteiger partial charge >= 0.3 is 0 Å². The molecule has 1 aromatic heterocycles. The molecule has 0 aliphatic carbocycles. The fraction of sp³-hybridized carbons (Fsp3) is 0.231. The summed E-state index contributed by atoms with van der Waals surface area (Å²) in [7, 11) is 0. The normalized spacial score (nSPS) is 12.4. The van der Waals surface area contributed by atoms with Crippen LogP contribution in [0.1, 0.15) is 23.7 Å². The highest BCUT2D eigenvalue weighted by molar-refractivity contribution is 6.38. The zero-order valence-corrected chi connectivity index (χ0v) is 18.7. The zero-order valence-electron chi connectivity index (χ0n) is 18.7. The Morgan fingerprint density at radius 2 is 1.59 bits per heavy atom. The molecule has 176 valence electrons. The topological polar surface area (TPSA) is 97.4 Å². The van der Waals surface area contributed by atoms with Crippen LogP contribution in [-0.2, 0) is 38.7 Å². The number of nitrogens with zero attached hydrogens (tertiary/aromatic N) is 1. The number of halogens is 1. The van der Waals surface area contributed by atoms with Gasteiger partial charge in [-0.15, -0.1) is 0 Å². The molecule has 1 heterocycles. The molecule has 3 aromatic rings. The number of aromatic nitrogens is 1. The molecule has 34 heavy (non-hydrogen) atoms. The van der Waals surface area contributed by atoms with Crippen molar-refractivity contribution in [2.45, 2.75) is 38.6 Å². The first-order valence-corrected chi connectivity index (χ1v) is 10.8. The van der Waals surface area contributed by atoms with Crippen molar-refractivity contribution in [3.05, 3.63) is 102 Å². The Morgan fingerprint density at radius 3 is 2.21 bits per heavy atom. The second-order valence-electron chi connectivity index (χ2n) is 7.70. The number of benzene rings is 2. The maximum Gasteiger partial charge on any atom is 0.289 e. The first kappa shape index (κ1) is 24.7. The predicted molar refractivity (Wildman–Crippen MR) is 124 cm³/mol. The highest BCUT2D eigenvalue weighted by atomic mass is 19.1. The first-order valence-electron chi connectivity index (χ1n) is 10.8. The number of hydrogen-bond donors (Lipinski definition) is 2. The van der Waals surface area contributed by atoms with Gasteiger partial charge in [0, 0.05) is 6.42 Å². The van der Waals surface area contributed by atoms with Crippen LogP contribution in [0.15, 0.2) is 79.0 Å². The van der Waals surface area contributed by atoms with Crippen molar-refractivity contribution in [3.63, 3.8) is 0 Å². The highest BCUT2D eigenvalue weighted by Gasteiger charge is 2.29. The van der Waals surface area contributed by atoms with Crippen molar-refractivity contribution in [2.24, 2.45) is 0 Å². The van der Waals surface area contributed by atoms with Crippen LogP contribution in [0, 0.1) is 5.82 Å². The van der Waals surface area contributed by atoms with Gasteiger partial charge in [-0.1, -0.05) is 60.7 Å². The average Bonchev–Trinajstić information content (AvgIpc) is 2.87. The number of carbonyl (C=O) groups excluding carboxylic acids is 3. The number of Topliss-reactive ketones (excluding diaryl/α,β-unsaturated/α-hetero) is 1. The summed E-state index contributed by atoms with van der Waals surface area (Å²) in [4.78, 5) is 42.0. The Balaban J connectivity index is 1.63. The number of nitrogens with one attached hydrogen (secondary N) is 2. The van der Waals surface area contributed by atoms with E-state index in [0.29, 0.717) is 5.69 Å². The van der Waals surface area contributed by atoms with E-state index in [-0.39, 0.29) is 19.6 Å². The fourth-order valence-electron chi connectivity index (χ4n) is 3.15. The minimum Gasteiger partial charge on any atom is -0.364 e. The standard InChI is InChI=1S/C26H26FN3O4/c1-18(34-17-20-10-6-3-7-11-20)25(32)30-23(14-19-8-4-2-5-9-19)24(31)26(33)29-16-22-13-12-21(27)15-28-22/h2-13,15,18,23H,14,16-17H2,1H3,(H,29,33)(H,30,32)/t18-,23-/m1/s1. The quantitative estimate of drug-likeness (QED) is 0.426. The lowest BCUT2D eigenvalue weighted by Gasteiger charge is -2.20. The summed E-state index contributed by atoms with van der Waals surface area (Å²) in [5.41, 5.74) is 2.09. The third kappa shape index (κ3) is 7.60. The monoisotopic (exact) mass is 463 g/mol. The smallest absolute Gasteiger partial charge is 0.289 e. The van der Waals surface area contributed by atoms with Gasteiger partial charge in [0.05, 0.1) is 25.0 Å². The third-order valence-electron chi connectivity index (χ3n) is 5.07. The molecule has 3 rings (SSSR count). The van der Waals surface area contributed by atoms with Gasteiger partial charge in [-0.25, -0.2) is 4.39 Å². The number of ether oxygens (including phenoxy) is 1. The van der Waals surface area contributed by atoms with Crippen molar-refractivity contribution in [1.29, 1.82) is 0 Å². The summed E-state index contributed by atoms with van der Waals surface area (Å²) in [5.74, 6) is -2.67. The van der Waals surface area contributed by atoms with Crippen molar-refractivity contribution >= 4 is 17.6 Å². The second-order valence-corrected chi connectivity index (χ2v) is 7.70. The van der Waals surface area contributed by atoms with Crippen LogP contribution in [0.4, 0.5) is 4.39 Å². The number of hydrogen-bond acceptors (Lipinski definition) is 5. The highest BCUT2D eigenvalue weighted by Crippen LogP contribution is 2.08. The molecule has 0 aliphatic heterocycles. The van der Waals surface area contributed by atoms with E-state index in [1.54, 1.807) is 6.92 Å². The molecule has 2 N–H and O–H groups in total. The Labute approximate surface area is 197 Å². The third-order valence-corrected chi connectivity index (χ3v) is 5.07. The van der Waals surface area contributed by atoms with Crippen molar-refractivity contribution in [1.82, 2.24) is 15.6 Å². The molecule has 2 amide bonds. The molecule has 0 fully saturated rings. The zero-order chi connectivity index (χ0) is 24.3. The molecule has 0 bridgehead atoms. The van der Waals surface area contributed by atoms with Crippen molar-refractivity contribution in [3.8, 4) is 0 Å². The van der Waals surface area contributed by atoms with Crippen LogP contribution >= 0.6 is 0 Å². The fourth-order valence-corrected chi connectivity index (χ4v) is 3.15. The molecule has 0 spiro atoms. The van der Waals surface area contributed by atoms with Gasteiger partial charge in [0.15, 0.2) is 0 Å². The molecule has 8 heteroatoms. The molecule has 0 saturated heterocycles. The van der Waals surface area contributed by atoms with Gasteiger partial charge in [0.2, 0.25) is 11.7 Å². The van der Waals surface area contributed by atoms with E-state index in [1.807, 2.05) is 60.7 Å². The Bertz CT molecular complexity index is 1090. The number of carbonyl (C=O) groups is 3. The van der Waals surface area contributed by atoms with E-state index in [4.69, 9.17) is 4.74 Å². The molecular weight excluding hydrogens is 437 g/mol. The molecule has 7 nitrogen and oxygen atoms in total. The Morgan fingerprint density at radius 1 is 0.941 bits per heavy atom. The number of pyridine rings is 1. The summed E-state index contributed by atoms with van der Waals surface area (Å²) < 4.78 is 18.6. The van der Waals surface area contributed by atoms with Gasteiger partial charge in [-0.3, -0.25) is 19.4 Å². The predicted octanol–water partition coefficient (Wildman–Crippen LogP) is 2.74. The van der Waals surface area contributed by atoms with E-state index >= 15 is 0 Å². The lowest BCUT2D eigenvalue weighted by Crippen LogP contribution is -2.51. The summed E-state index contributed by atoms with van der Waals surface area (Å²) in [6.45, 7) is 1.77. The van der Waals surface area contributed by atoms with Crippen LogP contribution in [0.2, 0.25) is 0 Å². The Hall–Kier alpha value is -3.91. The summed E-state index contributed by atoms with van der Waals surface area (Å²) >= 11 is 0. The molecular formula is C26H26FN3O4. The van der Waals surface area contributed by atoms with Gasteiger partial charge < -0.3 is 15.4 Å². The van der Waals surface area contributed by atoms with Gasteiger partial charge in [0.1, 0.15) is 18.0 Å². The van der Waals surface area contributed by atoms with E-state index in [1.165, 1.54) is 12.1 Å². The molecule has 0 aliphatic rings. The van der Waals surface area contributed by atoms with E-state index in [2.05, 4.69) is 15.6 Å². The number of ketones is 1. The largest absolute Gasteiger partial charge is 0.364 e. The van der Waals surface area contributed by atoms with E-state index in [0.717, 1.165) is 17.3 Å². The summed E-state index contributed by atoms with van der Waals surface area (Å²) in [6.07, 6.45) is 0.329. The van der Waals surface area contributed by atoms with E-state index < -0.39 is 35.6 Å². The lowest BCUT2D eigenvalue weighted by atomic mass is 10.0. The van der Waals surface area contributed by atoms with Gasteiger partial charge in [-0.05, 0) is 30.2 Å². The number of amides is 2. The minimum absolute atomic E-state index is 0.0482.